The molecule has 0 radical (unpaired) electrons. The van der Waals surface area contributed by atoms with E-state index in [2.05, 4.69) is 146 Å². The second-order valence-corrected chi connectivity index (χ2v) is 15.4. The van der Waals surface area contributed by atoms with Crippen LogP contribution in [-0.4, -0.2) is 6.71 Å². The van der Waals surface area contributed by atoms with Crippen molar-refractivity contribution in [1.82, 2.24) is 0 Å². The Morgan fingerprint density at radius 1 is 0.625 bits per heavy atom. The number of hydrogen-bond donors (Lipinski definition) is 0. The Morgan fingerprint density at radius 2 is 1.25 bits per heavy atom. The quantitative estimate of drug-likeness (QED) is 0.202. The van der Waals surface area contributed by atoms with E-state index in [0.717, 1.165) is 0 Å². The molecule has 0 fully saturated rings. The van der Waals surface area contributed by atoms with Crippen LogP contribution in [0.5, 0.6) is 0 Å². The fourth-order valence-corrected chi connectivity index (χ4v) is 8.50. The lowest BCUT2D eigenvalue weighted by Gasteiger charge is -2.45. The van der Waals surface area contributed by atoms with Crippen LogP contribution >= 0.6 is 0 Å². The van der Waals surface area contributed by atoms with Crippen LogP contribution in [0, 0.1) is 0 Å². The molecule has 0 N–H and O–H groups in total. The number of benzene rings is 4. The minimum Gasteiger partial charge on any atom is -0.312 e. The van der Waals surface area contributed by atoms with Gasteiger partial charge in [-0.05, 0) is 85.7 Å². The Labute approximate surface area is 241 Å². The minimum absolute atomic E-state index is 0.0598. The molecule has 1 nitrogen and oxygen atoms in total. The molecule has 2 heteroatoms. The fraction of sp³-hybridized carbons (Fsp3) is 0.368. The van der Waals surface area contributed by atoms with Gasteiger partial charge in [0.15, 0.2) is 0 Å². The summed E-state index contributed by atoms with van der Waals surface area (Å²) in [6.45, 7) is 21.7. The molecule has 1 aliphatic carbocycles. The third-order valence-electron chi connectivity index (χ3n) is 10.3. The maximum absolute atomic E-state index is 2.61. The van der Waals surface area contributed by atoms with E-state index in [4.69, 9.17) is 0 Å². The highest BCUT2D eigenvalue weighted by atomic mass is 15.2. The van der Waals surface area contributed by atoms with E-state index >= 15 is 0 Å². The third-order valence-corrected chi connectivity index (χ3v) is 10.3. The summed E-state index contributed by atoms with van der Waals surface area (Å²) >= 11 is 0. The molecule has 0 bridgehead atoms. The zero-order chi connectivity index (χ0) is 28.4. The molecule has 0 atom stereocenters. The average Bonchev–Trinajstić information content (AvgIpc) is 3.07. The first-order valence-corrected chi connectivity index (χ1v) is 15.0. The molecule has 0 saturated heterocycles. The lowest BCUT2D eigenvalue weighted by atomic mass is 9.30. The SMILES string of the molecule is CC(C)(C)c1ccc(N2c3cc4c(cc3B3c5ccccc5C(C)(C)c5cccc2c53)C(C)(C)CC4(C)C)cc1. The van der Waals surface area contributed by atoms with Gasteiger partial charge in [0.1, 0.15) is 0 Å². The van der Waals surface area contributed by atoms with Gasteiger partial charge < -0.3 is 4.90 Å². The second kappa shape index (κ2) is 7.93. The highest BCUT2D eigenvalue weighted by molar-refractivity contribution is 6.99. The molecule has 40 heavy (non-hydrogen) atoms. The monoisotopic (exact) mass is 523 g/mol. The van der Waals surface area contributed by atoms with Crippen LogP contribution < -0.4 is 21.3 Å². The molecule has 3 aliphatic rings. The number of anilines is 3. The van der Waals surface area contributed by atoms with Crippen molar-refractivity contribution in [3.8, 4) is 0 Å². The largest absolute Gasteiger partial charge is 0.312 e. The summed E-state index contributed by atoms with van der Waals surface area (Å²) in [7, 11) is 0. The van der Waals surface area contributed by atoms with Gasteiger partial charge in [-0.15, -0.1) is 0 Å². The lowest BCUT2D eigenvalue weighted by Crippen LogP contribution is -2.64. The fourth-order valence-electron chi connectivity index (χ4n) is 8.50. The summed E-state index contributed by atoms with van der Waals surface area (Å²) < 4.78 is 0. The van der Waals surface area contributed by atoms with Crippen molar-refractivity contribution < 1.29 is 0 Å². The van der Waals surface area contributed by atoms with Gasteiger partial charge in [-0.1, -0.05) is 122 Å². The van der Waals surface area contributed by atoms with Gasteiger partial charge in [0.05, 0.1) is 0 Å². The molecule has 0 amide bonds. The Kier molecular flexibility index (Phi) is 5.10. The Bertz CT molecular complexity index is 1680. The van der Waals surface area contributed by atoms with Gasteiger partial charge in [-0.2, -0.15) is 0 Å². The van der Waals surface area contributed by atoms with Crippen molar-refractivity contribution in [2.24, 2.45) is 0 Å². The molecule has 2 aliphatic heterocycles. The summed E-state index contributed by atoms with van der Waals surface area (Å²) in [6.07, 6.45) is 1.17. The Balaban J connectivity index is 1.57. The van der Waals surface area contributed by atoms with Crippen molar-refractivity contribution >= 4 is 40.2 Å². The lowest BCUT2D eigenvalue weighted by molar-refractivity contribution is 0.403. The maximum Gasteiger partial charge on any atom is 0.247 e. The van der Waals surface area contributed by atoms with Gasteiger partial charge >= 0.3 is 0 Å². The topological polar surface area (TPSA) is 3.24 Å². The van der Waals surface area contributed by atoms with Crippen molar-refractivity contribution in [3.63, 3.8) is 0 Å². The summed E-state index contributed by atoms with van der Waals surface area (Å²) in [5, 5.41) is 0. The molecule has 4 aromatic rings. The Hall–Kier alpha value is -3.26. The second-order valence-electron chi connectivity index (χ2n) is 15.4. The minimum atomic E-state index is -0.0598. The van der Waals surface area contributed by atoms with Crippen molar-refractivity contribution in [1.29, 1.82) is 0 Å². The molecule has 0 aromatic heterocycles. The first-order valence-electron chi connectivity index (χ1n) is 15.0. The van der Waals surface area contributed by atoms with Crippen LogP contribution in [0.15, 0.2) is 78.9 Å². The zero-order valence-corrected chi connectivity index (χ0v) is 25.7. The van der Waals surface area contributed by atoms with Crippen molar-refractivity contribution in [2.45, 2.75) is 90.4 Å². The molecule has 7 rings (SSSR count). The summed E-state index contributed by atoms with van der Waals surface area (Å²) in [6, 6.07) is 30.7. The number of nitrogens with zero attached hydrogens (tertiary/aromatic N) is 1. The standard InChI is InChI=1S/C38H42BN/c1-35(2,3)24-17-19-25(20-18-24)40-32-16-12-14-27-34(32)39(30-15-11-10-13-26(30)38(27,8)9)31-21-28-29(22-33(31)40)37(6,7)23-36(28,4)5/h10-22H,23H2,1-9H3. The zero-order valence-electron chi connectivity index (χ0n) is 25.7. The highest BCUT2D eigenvalue weighted by Gasteiger charge is 2.48. The summed E-state index contributed by atoms with van der Waals surface area (Å²) in [4.78, 5) is 2.57. The van der Waals surface area contributed by atoms with Crippen LogP contribution in [0.4, 0.5) is 17.1 Å². The number of hydrogen-bond acceptors (Lipinski definition) is 1. The van der Waals surface area contributed by atoms with E-state index in [1.54, 1.807) is 0 Å². The third kappa shape index (κ3) is 3.41. The van der Waals surface area contributed by atoms with E-state index in [-0.39, 0.29) is 28.4 Å². The molecule has 0 spiro atoms. The van der Waals surface area contributed by atoms with Crippen LogP contribution in [0.3, 0.4) is 0 Å². The summed E-state index contributed by atoms with van der Waals surface area (Å²) in [5.74, 6) is 0. The van der Waals surface area contributed by atoms with Crippen LogP contribution in [0.25, 0.3) is 0 Å². The molecule has 202 valence electrons. The van der Waals surface area contributed by atoms with Crippen LogP contribution in [-0.2, 0) is 21.7 Å². The highest BCUT2D eigenvalue weighted by Crippen LogP contribution is 2.52. The number of rotatable bonds is 1. The van der Waals surface area contributed by atoms with Gasteiger partial charge in [0, 0.05) is 22.5 Å². The van der Waals surface area contributed by atoms with E-state index in [9.17, 15) is 0 Å². The van der Waals surface area contributed by atoms with Gasteiger partial charge in [0.2, 0.25) is 6.71 Å². The van der Waals surface area contributed by atoms with Crippen LogP contribution in [0.2, 0.25) is 0 Å². The van der Waals surface area contributed by atoms with Crippen molar-refractivity contribution in [3.05, 3.63) is 107 Å². The predicted octanol–water partition coefficient (Wildman–Crippen LogP) is 7.88. The molecular weight excluding hydrogens is 481 g/mol. The smallest absolute Gasteiger partial charge is 0.247 e. The molecule has 0 unspecified atom stereocenters. The Morgan fingerprint density at radius 3 is 1.93 bits per heavy atom. The molecule has 0 saturated carbocycles. The normalized spacial score (nSPS) is 19.0. The molecular formula is C38H42BN. The van der Waals surface area contributed by atoms with E-state index in [1.165, 1.54) is 67.7 Å². The predicted molar refractivity (Wildman–Crippen MR) is 174 cm³/mol. The maximum atomic E-state index is 2.61. The van der Waals surface area contributed by atoms with E-state index < -0.39 is 0 Å². The van der Waals surface area contributed by atoms with E-state index in [1.807, 2.05) is 0 Å². The first-order chi connectivity index (χ1) is 18.7. The molecule has 4 aromatic carbocycles. The number of fused-ring (bicyclic) bond motifs is 5. The van der Waals surface area contributed by atoms with E-state index in [0.29, 0.717) is 0 Å². The summed E-state index contributed by atoms with van der Waals surface area (Å²) in [5.41, 5.74) is 16.0. The van der Waals surface area contributed by atoms with Gasteiger partial charge in [-0.3, -0.25) is 0 Å². The first kappa shape index (κ1) is 25.7. The van der Waals surface area contributed by atoms with Crippen molar-refractivity contribution in [2.75, 3.05) is 4.90 Å². The average molecular weight is 524 g/mol. The van der Waals surface area contributed by atoms with Gasteiger partial charge in [0.25, 0.3) is 0 Å². The van der Waals surface area contributed by atoms with Crippen LogP contribution in [0.1, 0.15) is 96.6 Å². The molecule has 2 heterocycles. The van der Waals surface area contributed by atoms with Gasteiger partial charge in [-0.25, -0.2) is 0 Å².